The van der Waals surface area contributed by atoms with Gasteiger partial charge in [-0.05, 0) is 31.1 Å². The Kier molecular flexibility index (Phi) is 3.41. The number of carbonyl (C=O) groups is 1. The Balaban J connectivity index is 1.99. The Bertz CT molecular complexity index is 333. The van der Waals surface area contributed by atoms with Crippen LogP contribution in [0.2, 0.25) is 0 Å². The van der Waals surface area contributed by atoms with Crippen LogP contribution < -0.4 is 11.1 Å². The molecule has 5 heteroatoms. The summed E-state index contributed by atoms with van der Waals surface area (Å²) in [4.78, 5) is 12.6. The molecule has 1 saturated heterocycles. The summed E-state index contributed by atoms with van der Waals surface area (Å²) in [7, 11) is 0. The van der Waals surface area contributed by atoms with E-state index in [9.17, 15) is 4.79 Å². The van der Waals surface area contributed by atoms with E-state index in [1.54, 1.807) is 0 Å². The lowest BCUT2D eigenvalue weighted by molar-refractivity contribution is -0.131. The summed E-state index contributed by atoms with van der Waals surface area (Å²) in [5.41, 5.74) is 5.40. The van der Waals surface area contributed by atoms with Crippen molar-refractivity contribution in [3.05, 3.63) is 0 Å². The van der Waals surface area contributed by atoms with Gasteiger partial charge in [0.25, 0.3) is 0 Å². The SMILES string of the molecule is CC1(CNC(=O)C2(C(N)=S)CCOCC2)CC1. The van der Waals surface area contributed by atoms with Crippen LogP contribution in [-0.2, 0) is 9.53 Å². The Labute approximate surface area is 107 Å². The molecule has 0 bridgehead atoms. The fourth-order valence-corrected chi connectivity index (χ4v) is 2.46. The van der Waals surface area contributed by atoms with Crippen LogP contribution in [0.5, 0.6) is 0 Å². The molecule has 2 aliphatic rings. The number of ether oxygens (including phenoxy) is 1. The second-order valence-electron chi connectivity index (χ2n) is 5.55. The maximum absolute atomic E-state index is 12.3. The average Bonchev–Trinajstić information content (AvgIpc) is 3.05. The molecule has 1 aliphatic heterocycles. The van der Waals surface area contributed by atoms with Crippen LogP contribution in [0, 0.1) is 10.8 Å². The van der Waals surface area contributed by atoms with Crippen molar-refractivity contribution in [2.75, 3.05) is 19.8 Å². The van der Waals surface area contributed by atoms with Crippen LogP contribution in [0.3, 0.4) is 0 Å². The lowest BCUT2D eigenvalue weighted by Crippen LogP contribution is -2.52. The van der Waals surface area contributed by atoms with Crippen molar-refractivity contribution in [1.82, 2.24) is 5.32 Å². The molecule has 0 aromatic heterocycles. The van der Waals surface area contributed by atoms with Crippen molar-refractivity contribution >= 4 is 23.1 Å². The van der Waals surface area contributed by atoms with Gasteiger partial charge in [-0.1, -0.05) is 19.1 Å². The first-order valence-corrected chi connectivity index (χ1v) is 6.55. The van der Waals surface area contributed by atoms with Crippen LogP contribution in [-0.4, -0.2) is 30.7 Å². The molecular formula is C12H20N2O2S. The third kappa shape index (κ3) is 2.60. The molecule has 96 valence electrons. The zero-order chi connectivity index (χ0) is 12.5. The van der Waals surface area contributed by atoms with E-state index in [1.807, 2.05) is 0 Å². The van der Waals surface area contributed by atoms with Gasteiger partial charge in [0, 0.05) is 19.8 Å². The Morgan fingerprint density at radius 2 is 1.94 bits per heavy atom. The van der Waals surface area contributed by atoms with Gasteiger partial charge in [-0.15, -0.1) is 0 Å². The van der Waals surface area contributed by atoms with E-state index in [-0.39, 0.29) is 5.91 Å². The quantitative estimate of drug-likeness (QED) is 0.736. The molecule has 1 heterocycles. The summed E-state index contributed by atoms with van der Waals surface area (Å²) in [5.74, 6) is -0.0126. The van der Waals surface area contributed by atoms with Crippen LogP contribution in [0.4, 0.5) is 0 Å². The van der Waals surface area contributed by atoms with Crippen LogP contribution in [0.25, 0.3) is 0 Å². The molecular weight excluding hydrogens is 236 g/mol. The fraction of sp³-hybridized carbons (Fsp3) is 0.833. The zero-order valence-corrected chi connectivity index (χ0v) is 11.1. The second kappa shape index (κ2) is 4.53. The molecule has 1 amide bonds. The van der Waals surface area contributed by atoms with E-state index in [1.165, 1.54) is 12.8 Å². The van der Waals surface area contributed by atoms with Crippen molar-refractivity contribution in [2.24, 2.45) is 16.6 Å². The maximum Gasteiger partial charge on any atom is 0.233 e. The van der Waals surface area contributed by atoms with Crippen molar-refractivity contribution < 1.29 is 9.53 Å². The van der Waals surface area contributed by atoms with Crippen molar-refractivity contribution in [2.45, 2.75) is 32.6 Å². The summed E-state index contributed by atoms with van der Waals surface area (Å²) in [6, 6.07) is 0. The third-order valence-electron chi connectivity index (χ3n) is 4.03. The third-order valence-corrected chi connectivity index (χ3v) is 4.42. The van der Waals surface area contributed by atoms with Crippen molar-refractivity contribution in [3.8, 4) is 0 Å². The summed E-state index contributed by atoms with van der Waals surface area (Å²) < 4.78 is 5.29. The number of carbonyl (C=O) groups excluding carboxylic acids is 1. The highest BCUT2D eigenvalue weighted by atomic mass is 32.1. The topological polar surface area (TPSA) is 64.4 Å². The first-order chi connectivity index (χ1) is 7.99. The summed E-state index contributed by atoms with van der Waals surface area (Å²) in [6.45, 7) is 4.03. The van der Waals surface area contributed by atoms with Gasteiger partial charge in [0.1, 0.15) is 5.41 Å². The van der Waals surface area contributed by atoms with E-state index in [2.05, 4.69) is 12.2 Å². The largest absolute Gasteiger partial charge is 0.392 e. The van der Waals surface area contributed by atoms with Gasteiger partial charge in [0.05, 0.1) is 4.99 Å². The highest BCUT2D eigenvalue weighted by Crippen LogP contribution is 2.44. The van der Waals surface area contributed by atoms with Gasteiger partial charge in [-0.2, -0.15) is 0 Å². The molecule has 0 atom stereocenters. The Morgan fingerprint density at radius 3 is 2.41 bits per heavy atom. The fourth-order valence-electron chi connectivity index (χ4n) is 2.16. The molecule has 0 unspecified atom stereocenters. The summed E-state index contributed by atoms with van der Waals surface area (Å²) >= 11 is 5.09. The van der Waals surface area contributed by atoms with Gasteiger partial charge < -0.3 is 15.8 Å². The highest BCUT2D eigenvalue weighted by molar-refractivity contribution is 7.80. The minimum absolute atomic E-state index is 0.0126. The van der Waals surface area contributed by atoms with Crippen LogP contribution in [0.1, 0.15) is 32.6 Å². The van der Waals surface area contributed by atoms with E-state index < -0.39 is 5.41 Å². The molecule has 0 aromatic carbocycles. The van der Waals surface area contributed by atoms with E-state index in [0.29, 0.717) is 36.5 Å². The van der Waals surface area contributed by atoms with Crippen LogP contribution >= 0.6 is 12.2 Å². The molecule has 17 heavy (non-hydrogen) atoms. The van der Waals surface area contributed by atoms with E-state index in [0.717, 1.165) is 6.54 Å². The van der Waals surface area contributed by atoms with Gasteiger partial charge in [0.2, 0.25) is 5.91 Å². The molecule has 4 nitrogen and oxygen atoms in total. The minimum atomic E-state index is -0.682. The number of amides is 1. The molecule has 3 N–H and O–H groups in total. The normalized spacial score (nSPS) is 25.0. The summed E-state index contributed by atoms with van der Waals surface area (Å²) in [6.07, 6.45) is 3.59. The van der Waals surface area contributed by atoms with E-state index >= 15 is 0 Å². The minimum Gasteiger partial charge on any atom is -0.392 e. The molecule has 0 spiro atoms. The average molecular weight is 256 g/mol. The predicted octanol–water partition coefficient (Wildman–Crippen LogP) is 0.986. The lowest BCUT2D eigenvalue weighted by atomic mass is 9.79. The van der Waals surface area contributed by atoms with E-state index in [4.69, 9.17) is 22.7 Å². The van der Waals surface area contributed by atoms with Crippen molar-refractivity contribution in [1.29, 1.82) is 0 Å². The predicted molar refractivity (Wildman–Crippen MR) is 69.6 cm³/mol. The van der Waals surface area contributed by atoms with Gasteiger partial charge in [0.15, 0.2) is 0 Å². The molecule has 0 radical (unpaired) electrons. The zero-order valence-electron chi connectivity index (χ0n) is 10.3. The Morgan fingerprint density at radius 1 is 1.35 bits per heavy atom. The number of nitrogens with one attached hydrogen (secondary N) is 1. The first-order valence-electron chi connectivity index (χ1n) is 6.15. The summed E-state index contributed by atoms with van der Waals surface area (Å²) in [5, 5.41) is 3.01. The highest BCUT2D eigenvalue weighted by Gasteiger charge is 2.44. The standard InChI is InChI=1S/C12H20N2O2S/c1-11(2-3-11)8-14-10(15)12(9(13)17)4-6-16-7-5-12/h2-8H2,1H3,(H2,13,17)(H,14,15). The molecule has 2 fully saturated rings. The molecule has 0 aromatic rings. The molecule has 2 rings (SSSR count). The first kappa shape index (κ1) is 12.8. The molecule has 1 saturated carbocycles. The number of thiocarbonyl (C=S) groups is 1. The number of hydrogen-bond donors (Lipinski definition) is 2. The van der Waals surface area contributed by atoms with Gasteiger partial charge in [-0.25, -0.2) is 0 Å². The Hall–Kier alpha value is -0.680. The number of nitrogens with two attached hydrogens (primary N) is 1. The molecule has 1 aliphatic carbocycles. The lowest BCUT2D eigenvalue weighted by Gasteiger charge is -2.35. The van der Waals surface area contributed by atoms with Crippen molar-refractivity contribution in [3.63, 3.8) is 0 Å². The van der Waals surface area contributed by atoms with Crippen LogP contribution in [0.15, 0.2) is 0 Å². The maximum atomic E-state index is 12.3. The number of hydrogen-bond acceptors (Lipinski definition) is 3. The van der Waals surface area contributed by atoms with Gasteiger partial charge in [-0.3, -0.25) is 4.79 Å². The monoisotopic (exact) mass is 256 g/mol. The number of rotatable bonds is 4. The second-order valence-corrected chi connectivity index (χ2v) is 5.99. The van der Waals surface area contributed by atoms with Gasteiger partial charge >= 0.3 is 0 Å². The smallest absolute Gasteiger partial charge is 0.233 e.